The van der Waals surface area contributed by atoms with E-state index in [9.17, 15) is 4.79 Å². The Morgan fingerprint density at radius 3 is 2.60 bits per heavy atom. The van der Waals surface area contributed by atoms with Gasteiger partial charge in [0.15, 0.2) is 0 Å². The molecule has 1 unspecified atom stereocenters. The molecule has 0 spiro atoms. The van der Waals surface area contributed by atoms with Crippen molar-refractivity contribution in [1.82, 2.24) is 4.90 Å². The summed E-state index contributed by atoms with van der Waals surface area (Å²) in [5.41, 5.74) is 0.380. The number of likely N-dealkylation sites (tertiary alicyclic amines) is 1. The van der Waals surface area contributed by atoms with Gasteiger partial charge < -0.3 is 4.90 Å². The summed E-state index contributed by atoms with van der Waals surface area (Å²) in [6, 6.07) is 0. The summed E-state index contributed by atoms with van der Waals surface area (Å²) >= 11 is 4.39. The number of nitrogens with zero attached hydrogens (tertiary/aromatic N) is 1. The molecule has 1 saturated carbocycles. The van der Waals surface area contributed by atoms with E-state index >= 15 is 0 Å². The molecule has 0 N–H and O–H groups in total. The molecule has 1 heterocycles. The molecule has 0 aromatic heterocycles. The van der Waals surface area contributed by atoms with E-state index in [1.807, 2.05) is 0 Å². The number of rotatable bonds is 4. The van der Waals surface area contributed by atoms with Crippen LogP contribution in [0.1, 0.15) is 33.1 Å². The quantitative estimate of drug-likeness (QED) is 0.730. The van der Waals surface area contributed by atoms with Gasteiger partial charge in [0.25, 0.3) is 0 Å². The van der Waals surface area contributed by atoms with Crippen LogP contribution in [0, 0.1) is 17.3 Å². The van der Waals surface area contributed by atoms with Crippen molar-refractivity contribution >= 4 is 18.5 Å². The Bertz CT molecular complexity index is 260. The molecule has 3 heteroatoms. The van der Waals surface area contributed by atoms with Crippen LogP contribution in [-0.2, 0) is 4.79 Å². The Balaban J connectivity index is 1.91. The van der Waals surface area contributed by atoms with Crippen LogP contribution in [0.15, 0.2) is 0 Å². The highest BCUT2D eigenvalue weighted by Gasteiger charge is 2.45. The first-order valence-corrected chi connectivity index (χ1v) is 6.58. The summed E-state index contributed by atoms with van der Waals surface area (Å²) in [6.07, 6.45) is 3.28. The van der Waals surface area contributed by atoms with Gasteiger partial charge in [-0.25, -0.2) is 0 Å². The van der Waals surface area contributed by atoms with Crippen molar-refractivity contribution in [2.75, 3.05) is 18.8 Å². The molecule has 1 aliphatic heterocycles. The minimum atomic E-state index is 0.363. The third kappa shape index (κ3) is 2.32. The zero-order chi connectivity index (χ0) is 11.1. The van der Waals surface area contributed by atoms with Crippen molar-refractivity contribution in [3.05, 3.63) is 0 Å². The van der Waals surface area contributed by atoms with E-state index in [4.69, 9.17) is 0 Å². The fourth-order valence-corrected chi connectivity index (χ4v) is 2.77. The number of carbonyl (C=O) groups is 1. The summed E-state index contributed by atoms with van der Waals surface area (Å²) in [4.78, 5) is 13.9. The summed E-state index contributed by atoms with van der Waals surface area (Å²) in [5, 5.41) is 0. The fourth-order valence-electron chi connectivity index (χ4n) is 2.35. The summed E-state index contributed by atoms with van der Waals surface area (Å²) in [6.45, 7) is 6.37. The molecule has 15 heavy (non-hydrogen) atoms. The predicted octanol–water partition coefficient (Wildman–Crippen LogP) is 2.20. The molecule has 0 aromatic rings. The highest BCUT2D eigenvalue weighted by molar-refractivity contribution is 7.80. The van der Waals surface area contributed by atoms with Crippen molar-refractivity contribution in [3.63, 3.8) is 0 Å². The van der Waals surface area contributed by atoms with Gasteiger partial charge in [-0.15, -0.1) is 0 Å². The van der Waals surface area contributed by atoms with Crippen LogP contribution in [0.5, 0.6) is 0 Å². The van der Waals surface area contributed by atoms with Crippen LogP contribution in [0.3, 0.4) is 0 Å². The Morgan fingerprint density at radius 1 is 1.53 bits per heavy atom. The highest BCUT2D eigenvalue weighted by atomic mass is 32.1. The lowest BCUT2D eigenvalue weighted by Gasteiger charge is -2.23. The third-order valence-corrected chi connectivity index (χ3v) is 4.68. The second-order valence-corrected chi connectivity index (χ2v) is 5.96. The van der Waals surface area contributed by atoms with Crippen molar-refractivity contribution in [1.29, 1.82) is 0 Å². The second kappa shape index (κ2) is 4.00. The van der Waals surface area contributed by atoms with Gasteiger partial charge in [0.05, 0.1) is 0 Å². The van der Waals surface area contributed by atoms with Crippen LogP contribution in [0.4, 0.5) is 0 Å². The Morgan fingerprint density at radius 2 is 2.20 bits per heavy atom. The normalized spacial score (nSPS) is 28.9. The third-order valence-electron chi connectivity index (χ3n) is 4.01. The van der Waals surface area contributed by atoms with Crippen LogP contribution in [-0.4, -0.2) is 29.6 Å². The number of hydrogen-bond donors (Lipinski definition) is 1. The first kappa shape index (κ1) is 11.3. The molecule has 2 aliphatic rings. The molecule has 2 fully saturated rings. The molecule has 1 atom stereocenters. The van der Waals surface area contributed by atoms with Gasteiger partial charge >= 0.3 is 0 Å². The number of hydrogen-bond acceptors (Lipinski definition) is 2. The van der Waals surface area contributed by atoms with Gasteiger partial charge in [0.1, 0.15) is 0 Å². The first-order chi connectivity index (χ1) is 7.06. The Hall–Kier alpha value is -0.180. The number of thiol groups is 1. The lowest BCUT2D eigenvalue weighted by atomic mass is 9.95. The maximum Gasteiger partial charge on any atom is 0.222 e. The monoisotopic (exact) mass is 227 g/mol. The van der Waals surface area contributed by atoms with Crippen molar-refractivity contribution in [3.8, 4) is 0 Å². The van der Waals surface area contributed by atoms with E-state index in [1.54, 1.807) is 0 Å². The van der Waals surface area contributed by atoms with E-state index < -0.39 is 0 Å². The van der Waals surface area contributed by atoms with E-state index in [1.165, 1.54) is 12.8 Å². The SMILES string of the molecule is CC(C)C1CC(=O)N(CC2(CS)CC2)C1. The van der Waals surface area contributed by atoms with Crippen LogP contribution < -0.4 is 0 Å². The van der Waals surface area contributed by atoms with Gasteiger partial charge in [-0.05, 0) is 35.8 Å². The topological polar surface area (TPSA) is 20.3 Å². The summed E-state index contributed by atoms with van der Waals surface area (Å²) in [7, 11) is 0. The molecule has 0 bridgehead atoms. The number of carbonyl (C=O) groups excluding carboxylic acids is 1. The largest absolute Gasteiger partial charge is 0.342 e. The number of amides is 1. The standard InChI is InChI=1S/C12H21NOS/c1-9(2)10-5-11(14)13(6-10)7-12(8-15)3-4-12/h9-10,15H,3-8H2,1-2H3. The molecule has 86 valence electrons. The van der Waals surface area contributed by atoms with E-state index in [2.05, 4.69) is 31.4 Å². The molecular formula is C12H21NOS. The lowest BCUT2D eigenvalue weighted by molar-refractivity contribution is -0.128. The van der Waals surface area contributed by atoms with E-state index in [0.717, 1.165) is 25.3 Å². The average Bonchev–Trinajstić information content (AvgIpc) is 2.87. The smallest absolute Gasteiger partial charge is 0.222 e. The van der Waals surface area contributed by atoms with Crippen LogP contribution in [0.25, 0.3) is 0 Å². The molecule has 0 aromatic carbocycles. The van der Waals surface area contributed by atoms with Crippen molar-refractivity contribution in [2.45, 2.75) is 33.1 Å². The lowest BCUT2D eigenvalue weighted by Crippen LogP contribution is -2.33. The zero-order valence-corrected chi connectivity index (χ0v) is 10.6. The van der Waals surface area contributed by atoms with Crippen molar-refractivity contribution < 1.29 is 4.79 Å². The van der Waals surface area contributed by atoms with Gasteiger partial charge in [-0.3, -0.25) is 4.79 Å². The van der Waals surface area contributed by atoms with Gasteiger partial charge in [-0.2, -0.15) is 12.6 Å². The maximum absolute atomic E-state index is 11.8. The molecule has 1 aliphatic carbocycles. The highest BCUT2D eigenvalue weighted by Crippen LogP contribution is 2.47. The van der Waals surface area contributed by atoms with Crippen LogP contribution >= 0.6 is 12.6 Å². The van der Waals surface area contributed by atoms with Gasteiger partial charge in [0.2, 0.25) is 5.91 Å². The molecular weight excluding hydrogens is 206 g/mol. The molecule has 1 saturated heterocycles. The Labute approximate surface area is 97.8 Å². The molecule has 1 amide bonds. The van der Waals surface area contributed by atoms with Gasteiger partial charge in [0, 0.05) is 19.5 Å². The summed E-state index contributed by atoms with van der Waals surface area (Å²) < 4.78 is 0. The predicted molar refractivity (Wildman–Crippen MR) is 65.0 cm³/mol. The van der Waals surface area contributed by atoms with Crippen LogP contribution in [0.2, 0.25) is 0 Å². The zero-order valence-electron chi connectivity index (χ0n) is 9.70. The summed E-state index contributed by atoms with van der Waals surface area (Å²) in [5.74, 6) is 2.50. The van der Waals surface area contributed by atoms with E-state index in [-0.39, 0.29) is 0 Å². The first-order valence-electron chi connectivity index (χ1n) is 5.95. The minimum Gasteiger partial charge on any atom is -0.342 e. The minimum absolute atomic E-state index is 0.363. The average molecular weight is 227 g/mol. The molecule has 2 rings (SSSR count). The van der Waals surface area contributed by atoms with E-state index in [0.29, 0.717) is 23.2 Å². The molecule has 2 nitrogen and oxygen atoms in total. The maximum atomic E-state index is 11.8. The Kier molecular flexibility index (Phi) is 3.02. The van der Waals surface area contributed by atoms with Crippen molar-refractivity contribution in [2.24, 2.45) is 17.3 Å². The molecule has 0 radical (unpaired) electrons. The second-order valence-electron chi connectivity index (χ2n) is 5.64. The fraction of sp³-hybridized carbons (Fsp3) is 0.917. The van der Waals surface area contributed by atoms with Gasteiger partial charge in [-0.1, -0.05) is 13.8 Å².